The summed E-state index contributed by atoms with van der Waals surface area (Å²) in [5.74, 6) is -0.941. The Balaban J connectivity index is 2.21. The molecule has 7 nitrogen and oxygen atoms in total. The first-order valence-electron chi connectivity index (χ1n) is 6.43. The molecule has 0 aromatic heterocycles. The fourth-order valence-electron chi connectivity index (χ4n) is 1.81. The summed E-state index contributed by atoms with van der Waals surface area (Å²) in [6, 6.07) is 4.94. The van der Waals surface area contributed by atoms with Gasteiger partial charge in [-0.25, -0.2) is 4.79 Å². The van der Waals surface area contributed by atoms with Crippen LogP contribution in [0, 0.1) is 10.1 Å². The number of rotatable bonds is 3. The number of oxime groups is 1. The van der Waals surface area contributed by atoms with Crippen molar-refractivity contribution in [2.24, 2.45) is 5.16 Å². The molecule has 1 aliphatic carbocycles. The van der Waals surface area contributed by atoms with E-state index in [9.17, 15) is 19.7 Å². The van der Waals surface area contributed by atoms with Gasteiger partial charge < -0.3 is 4.84 Å². The maximum atomic E-state index is 12.0. The van der Waals surface area contributed by atoms with E-state index in [0.29, 0.717) is 10.2 Å². The Morgan fingerprint density at radius 1 is 1.38 bits per heavy atom. The molecule has 0 saturated heterocycles. The fraction of sp³-hybridized carbons (Fsp3) is 0.214. The number of carbonyl (C=O) groups is 2. The highest BCUT2D eigenvalue weighted by Gasteiger charge is 2.44. The Morgan fingerprint density at radius 2 is 1.96 bits per heavy atom. The van der Waals surface area contributed by atoms with E-state index < -0.39 is 20.0 Å². The fourth-order valence-corrected chi connectivity index (χ4v) is 3.44. The topological polar surface area (TPSA) is 98.9 Å². The minimum absolute atomic E-state index is 0.117. The number of nitro benzene ring substituents is 1. The lowest BCUT2D eigenvalue weighted by Crippen LogP contribution is -2.45. The molecule has 0 amide bonds. The van der Waals surface area contributed by atoms with Crippen molar-refractivity contribution in [2.75, 3.05) is 0 Å². The average Bonchev–Trinajstić information content (AvgIpc) is 2.55. The van der Waals surface area contributed by atoms with Crippen LogP contribution in [0.3, 0.4) is 0 Å². The lowest BCUT2D eigenvalue weighted by molar-refractivity contribution is -0.384. The van der Waals surface area contributed by atoms with E-state index in [2.05, 4.69) is 52.9 Å². The van der Waals surface area contributed by atoms with Crippen LogP contribution in [0.15, 0.2) is 40.0 Å². The molecule has 24 heavy (non-hydrogen) atoms. The van der Waals surface area contributed by atoms with Crippen molar-refractivity contribution in [3.8, 4) is 0 Å². The Bertz CT molecular complexity index is 771. The van der Waals surface area contributed by atoms with Crippen molar-refractivity contribution in [2.45, 2.75) is 16.1 Å². The summed E-state index contributed by atoms with van der Waals surface area (Å²) in [4.78, 5) is 38.2. The summed E-state index contributed by atoms with van der Waals surface area (Å²) >= 11 is 9.81. The molecule has 2 unspecified atom stereocenters. The summed E-state index contributed by atoms with van der Waals surface area (Å²) in [7, 11) is 0. The number of benzene rings is 1. The Labute approximate surface area is 161 Å². The Morgan fingerprint density at radius 3 is 2.50 bits per heavy atom. The molecular weight excluding hydrogens is 516 g/mol. The third-order valence-corrected chi connectivity index (χ3v) is 6.68. The molecule has 0 fully saturated rings. The average molecular weight is 525 g/mol. The molecule has 0 spiro atoms. The van der Waals surface area contributed by atoms with Gasteiger partial charge in [-0.1, -0.05) is 37.0 Å². The van der Waals surface area contributed by atoms with Gasteiger partial charge in [-0.05, 0) is 41.1 Å². The highest BCUT2D eigenvalue weighted by atomic mass is 79.9. The van der Waals surface area contributed by atoms with Crippen molar-refractivity contribution in [1.82, 2.24) is 0 Å². The largest absolute Gasteiger partial charge is 0.365 e. The molecule has 2 atom stereocenters. The number of ketones is 1. The second-order valence-electron chi connectivity index (χ2n) is 4.95. The molecule has 2 rings (SSSR count). The van der Waals surface area contributed by atoms with E-state index in [4.69, 9.17) is 4.84 Å². The maximum Gasteiger partial charge on any atom is 0.365 e. The molecule has 0 aliphatic heterocycles. The lowest BCUT2D eigenvalue weighted by atomic mass is 9.93. The minimum atomic E-state index is -0.864. The van der Waals surface area contributed by atoms with Crippen LogP contribution in [-0.2, 0) is 9.63 Å². The summed E-state index contributed by atoms with van der Waals surface area (Å²) in [6.07, 6.45) is 1.46. The van der Waals surface area contributed by atoms with Crippen LogP contribution in [0.25, 0.3) is 0 Å². The summed E-state index contributed by atoms with van der Waals surface area (Å²) < 4.78 is -0.566. The molecule has 0 saturated carbocycles. The molecule has 1 aromatic carbocycles. The molecular formula is C14H9Br3N2O5. The van der Waals surface area contributed by atoms with E-state index in [1.807, 2.05) is 0 Å². The van der Waals surface area contributed by atoms with Crippen molar-refractivity contribution in [3.05, 3.63) is 50.5 Å². The minimum Gasteiger partial charge on any atom is -0.312 e. The van der Waals surface area contributed by atoms with Gasteiger partial charge in [0.25, 0.3) is 5.69 Å². The first-order chi connectivity index (χ1) is 11.1. The van der Waals surface area contributed by atoms with Gasteiger partial charge in [0.05, 0.1) is 29.8 Å². The number of halogens is 3. The van der Waals surface area contributed by atoms with Gasteiger partial charge in [0.1, 0.15) is 0 Å². The van der Waals surface area contributed by atoms with Crippen molar-refractivity contribution < 1.29 is 19.3 Å². The van der Waals surface area contributed by atoms with E-state index in [1.165, 1.54) is 30.3 Å². The van der Waals surface area contributed by atoms with E-state index in [0.717, 1.165) is 0 Å². The van der Waals surface area contributed by atoms with E-state index >= 15 is 0 Å². The number of nitro groups is 1. The Kier molecular flexibility index (Phi) is 5.71. The molecule has 0 bridgehead atoms. The standard InChI is InChI=1S/C14H9Br3N2O5/c1-14(17)10(6-9(15)11(20)12(14)16)18-24-13(21)7-2-4-8(5-3-7)19(22)23/h2-6,12H,1H3/b18-10+. The number of alkyl halides is 2. The van der Waals surface area contributed by atoms with Crippen LogP contribution in [-0.4, -0.2) is 31.5 Å². The van der Waals surface area contributed by atoms with Gasteiger partial charge in [0.2, 0.25) is 0 Å². The SMILES string of the molecule is CC1(Br)/C(=N/OC(=O)c2ccc([N+](=O)[O-])cc2)C=C(Br)C(=O)C1Br. The molecule has 1 aromatic rings. The van der Waals surface area contributed by atoms with Crippen LogP contribution >= 0.6 is 47.8 Å². The van der Waals surface area contributed by atoms with Crippen molar-refractivity contribution in [1.29, 1.82) is 0 Å². The third kappa shape index (κ3) is 3.81. The van der Waals surface area contributed by atoms with Gasteiger partial charge in [0, 0.05) is 12.1 Å². The zero-order chi connectivity index (χ0) is 18.1. The van der Waals surface area contributed by atoms with Gasteiger partial charge in [-0.15, -0.1) is 0 Å². The van der Waals surface area contributed by atoms with Gasteiger partial charge >= 0.3 is 5.97 Å². The maximum absolute atomic E-state index is 12.0. The number of hydrogen-bond acceptors (Lipinski definition) is 6. The second-order valence-corrected chi connectivity index (χ2v) is 8.37. The number of nitrogens with zero attached hydrogens (tertiary/aromatic N) is 2. The monoisotopic (exact) mass is 522 g/mol. The zero-order valence-corrected chi connectivity index (χ0v) is 16.8. The smallest absolute Gasteiger partial charge is 0.312 e. The van der Waals surface area contributed by atoms with E-state index in [1.54, 1.807) is 6.92 Å². The van der Waals surface area contributed by atoms with E-state index in [-0.39, 0.29) is 17.0 Å². The highest BCUT2D eigenvalue weighted by molar-refractivity contribution is 9.13. The highest BCUT2D eigenvalue weighted by Crippen LogP contribution is 2.37. The molecule has 126 valence electrons. The first-order valence-corrected chi connectivity index (χ1v) is 8.93. The van der Waals surface area contributed by atoms with Crippen LogP contribution in [0.5, 0.6) is 0 Å². The number of allylic oxidation sites excluding steroid dienone is 2. The van der Waals surface area contributed by atoms with Crippen LogP contribution in [0.2, 0.25) is 0 Å². The summed E-state index contributed by atoms with van der Waals surface area (Å²) in [5, 5.41) is 14.4. The predicted octanol–water partition coefficient (Wildman–Crippen LogP) is 3.89. The zero-order valence-electron chi connectivity index (χ0n) is 12.0. The number of non-ortho nitro benzene ring substituents is 1. The molecule has 0 radical (unpaired) electrons. The number of hydrogen-bond donors (Lipinski definition) is 0. The first kappa shape index (κ1) is 18.9. The summed E-state index contributed by atoms with van der Waals surface area (Å²) in [6.45, 7) is 1.71. The molecule has 1 aliphatic rings. The van der Waals surface area contributed by atoms with Crippen molar-refractivity contribution >= 4 is 70.9 Å². The third-order valence-electron chi connectivity index (χ3n) is 3.25. The molecule has 10 heteroatoms. The van der Waals surface area contributed by atoms with Gasteiger partial charge in [-0.2, -0.15) is 0 Å². The predicted molar refractivity (Wildman–Crippen MR) is 98.0 cm³/mol. The molecule has 0 N–H and O–H groups in total. The molecule has 0 heterocycles. The lowest BCUT2D eigenvalue weighted by Gasteiger charge is -2.30. The van der Waals surface area contributed by atoms with Crippen LogP contribution in [0.1, 0.15) is 17.3 Å². The van der Waals surface area contributed by atoms with Gasteiger partial charge in [0.15, 0.2) is 5.78 Å². The van der Waals surface area contributed by atoms with Crippen molar-refractivity contribution in [3.63, 3.8) is 0 Å². The van der Waals surface area contributed by atoms with Crippen LogP contribution < -0.4 is 0 Å². The number of Topliss-reactive ketones (excluding diaryl/α,β-unsaturated/α-hetero) is 1. The normalized spacial score (nSPS) is 25.3. The van der Waals surface area contributed by atoms with Crippen LogP contribution in [0.4, 0.5) is 5.69 Å². The summed E-state index contributed by atoms with van der Waals surface area (Å²) in [5.41, 5.74) is 0.309. The quantitative estimate of drug-likeness (QED) is 0.258. The second kappa shape index (κ2) is 7.24. The number of carbonyl (C=O) groups excluding carboxylic acids is 2. The Hall–Kier alpha value is -1.39. The van der Waals surface area contributed by atoms with Gasteiger partial charge in [-0.3, -0.25) is 14.9 Å².